The molecule has 0 spiro atoms. The van der Waals surface area contributed by atoms with Crippen LogP contribution in [0.15, 0.2) is 30.6 Å². The highest BCUT2D eigenvalue weighted by atomic mass is 19.1. The van der Waals surface area contributed by atoms with Crippen molar-refractivity contribution in [3.8, 4) is 0 Å². The van der Waals surface area contributed by atoms with E-state index in [2.05, 4.69) is 26.8 Å². The molecule has 1 fully saturated rings. The van der Waals surface area contributed by atoms with Gasteiger partial charge in [-0.25, -0.2) is 14.4 Å². The molecule has 4 rings (SSSR count). The fraction of sp³-hybridized carbons (Fsp3) is 0.474. The minimum atomic E-state index is -0.171. The van der Waals surface area contributed by atoms with Gasteiger partial charge in [0, 0.05) is 37.7 Å². The van der Waals surface area contributed by atoms with Gasteiger partial charge in [0.1, 0.15) is 18.0 Å². The highest BCUT2D eigenvalue weighted by molar-refractivity contribution is 5.51. The van der Waals surface area contributed by atoms with Crippen LogP contribution in [0, 0.1) is 5.82 Å². The molecular formula is C19H23FN4. The van der Waals surface area contributed by atoms with Crippen LogP contribution in [0.2, 0.25) is 0 Å². The Morgan fingerprint density at radius 1 is 1.17 bits per heavy atom. The zero-order valence-electron chi connectivity index (χ0n) is 14.1. The van der Waals surface area contributed by atoms with Gasteiger partial charge in [0.15, 0.2) is 0 Å². The quantitative estimate of drug-likeness (QED) is 0.868. The number of aromatic nitrogens is 2. The van der Waals surface area contributed by atoms with Gasteiger partial charge >= 0.3 is 0 Å². The van der Waals surface area contributed by atoms with Crippen LogP contribution in [0.4, 0.5) is 10.2 Å². The van der Waals surface area contributed by atoms with Crippen molar-refractivity contribution in [2.24, 2.45) is 0 Å². The second-order valence-electron chi connectivity index (χ2n) is 6.93. The molecule has 1 atom stereocenters. The Balaban J connectivity index is 1.60. The average Bonchev–Trinajstić information content (AvgIpc) is 3.04. The van der Waals surface area contributed by atoms with Crippen molar-refractivity contribution in [2.75, 3.05) is 25.0 Å². The number of anilines is 1. The maximum atomic E-state index is 13.1. The van der Waals surface area contributed by atoms with Gasteiger partial charge in [0.2, 0.25) is 0 Å². The van der Waals surface area contributed by atoms with Crippen LogP contribution >= 0.6 is 0 Å². The molecule has 4 nitrogen and oxygen atoms in total. The molecule has 0 radical (unpaired) electrons. The summed E-state index contributed by atoms with van der Waals surface area (Å²) in [6.07, 6.45) is 5.99. The molecule has 1 aromatic heterocycles. The van der Waals surface area contributed by atoms with Crippen LogP contribution in [0.25, 0.3) is 0 Å². The molecule has 24 heavy (non-hydrogen) atoms. The van der Waals surface area contributed by atoms with Crippen molar-refractivity contribution < 1.29 is 4.39 Å². The van der Waals surface area contributed by atoms with Crippen LogP contribution in [-0.4, -0.2) is 41.0 Å². The van der Waals surface area contributed by atoms with Gasteiger partial charge in [0.05, 0.1) is 5.69 Å². The summed E-state index contributed by atoms with van der Waals surface area (Å²) < 4.78 is 13.1. The monoisotopic (exact) mass is 326 g/mol. The molecule has 126 valence electrons. The fourth-order valence-electron chi connectivity index (χ4n) is 3.93. The van der Waals surface area contributed by atoms with Crippen LogP contribution in [0.3, 0.4) is 0 Å². The molecule has 0 bridgehead atoms. The first-order valence-electron chi connectivity index (χ1n) is 8.73. The van der Waals surface area contributed by atoms with Gasteiger partial charge in [-0.3, -0.25) is 0 Å². The van der Waals surface area contributed by atoms with E-state index >= 15 is 0 Å². The molecular weight excluding hydrogens is 303 g/mol. The van der Waals surface area contributed by atoms with Gasteiger partial charge in [-0.2, -0.15) is 0 Å². The summed E-state index contributed by atoms with van der Waals surface area (Å²) in [7, 11) is 2.15. The zero-order chi connectivity index (χ0) is 16.5. The predicted octanol–water partition coefficient (Wildman–Crippen LogP) is 2.82. The van der Waals surface area contributed by atoms with Gasteiger partial charge in [-0.15, -0.1) is 0 Å². The molecule has 2 aromatic rings. The number of halogens is 1. The third-order valence-electron chi connectivity index (χ3n) is 5.20. The van der Waals surface area contributed by atoms with Gasteiger partial charge in [-0.1, -0.05) is 12.1 Å². The van der Waals surface area contributed by atoms with Crippen molar-refractivity contribution >= 4 is 5.82 Å². The van der Waals surface area contributed by atoms with Crippen molar-refractivity contribution in [3.63, 3.8) is 0 Å². The van der Waals surface area contributed by atoms with Crippen LogP contribution in [0.1, 0.15) is 29.7 Å². The van der Waals surface area contributed by atoms with E-state index in [-0.39, 0.29) is 5.82 Å². The summed E-state index contributed by atoms with van der Waals surface area (Å²) in [6, 6.07) is 7.33. The molecule has 0 saturated carbocycles. The van der Waals surface area contributed by atoms with E-state index in [0.29, 0.717) is 6.04 Å². The summed E-state index contributed by atoms with van der Waals surface area (Å²) in [4.78, 5) is 13.9. The van der Waals surface area contributed by atoms with Gasteiger partial charge in [0.25, 0.3) is 0 Å². The lowest BCUT2D eigenvalue weighted by atomic mass is 10.0. The molecule has 2 aliphatic heterocycles. The Bertz CT molecular complexity index is 716. The normalized spacial score (nSPS) is 21.1. The van der Waals surface area contributed by atoms with E-state index in [9.17, 15) is 4.39 Å². The van der Waals surface area contributed by atoms with E-state index in [1.165, 1.54) is 23.2 Å². The van der Waals surface area contributed by atoms with Gasteiger partial charge < -0.3 is 9.80 Å². The fourth-order valence-corrected chi connectivity index (χ4v) is 3.93. The maximum absolute atomic E-state index is 13.1. The largest absolute Gasteiger partial charge is 0.353 e. The average molecular weight is 326 g/mol. The smallest absolute Gasteiger partial charge is 0.137 e. The second-order valence-corrected chi connectivity index (χ2v) is 6.93. The van der Waals surface area contributed by atoms with Gasteiger partial charge in [-0.05, 0) is 44.0 Å². The van der Waals surface area contributed by atoms with E-state index in [1.54, 1.807) is 18.5 Å². The Hall–Kier alpha value is -2.01. The first kappa shape index (κ1) is 15.5. The van der Waals surface area contributed by atoms with Crippen molar-refractivity contribution in [1.82, 2.24) is 14.9 Å². The van der Waals surface area contributed by atoms with Crippen molar-refractivity contribution in [2.45, 2.75) is 38.3 Å². The first-order valence-corrected chi connectivity index (χ1v) is 8.73. The summed E-state index contributed by atoms with van der Waals surface area (Å²) in [5, 5.41) is 0. The van der Waals surface area contributed by atoms with E-state index < -0.39 is 0 Å². The number of fused-ring (bicyclic) bond motifs is 1. The number of hydrogen-bond acceptors (Lipinski definition) is 4. The molecule has 2 aliphatic rings. The molecule has 1 saturated heterocycles. The Morgan fingerprint density at radius 2 is 2.00 bits per heavy atom. The predicted molar refractivity (Wildman–Crippen MR) is 92.5 cm³/mol. The van der Waals surface area contributed by atoms with E-state index in [1.807, 2.05) is 12.1 Å². The first-order chi connectivity index (χ1) is 11.7. The van der Waals surface area contributed by atoms with Crippen molar-refractivity contribution in [1.29, 1.82) is 0 Å². The SMILES string of the molecule is CN1CCc2ncnc(N3CCC[C@H]3Cc3ccc(F)cc3)c2C1. The lowest BCUT2D eigenvalue weighted by molar-refractivity contribution is 0.309. The zero-order valence-corrected chi connectivity index (χ0v) is 14.1. The lowest BCUT2D eigenvalue weighted by Gasteiger charge is -2.32. The lowest BCUT2D eigenvalue weighted by Crippen LogP contribution is -2.35. The highest BCUT2D eigenvalue weighted by Gasteiger charge is 2.30. The number of hydrogen-bond donors (Lipinski definition) is 0. The summed E-state index contributed by atoms with van der Waals surface area (Å²) >= 11 is 0. The summed E-state index contributed by atoms with van der Waals surface area (Å²) in [5.41, 5.74) is 3.68. The maximum Gasteiger partial charge on any atom is 0.137 e. The number of benzene rings is 1. The van der Waals surface area contributed by atoms with E-state index in [4.69, 9.17) is 0 Å². The molecule has 0 N–H and O–H groups in total. The second kappa shape index (κ2) is 6.48. The Kier molecular flexibility index (Phi) is 4.19. The third-order valence-corrected chi connectivity index (χ3v) is 5.20. The molecule has 0 unspecified atom stereocenters. The standard InChI is InChI=1S/C19H23FN4/c1-23-10-8-18-17(12-23)19(22-13-21-18)24-9-2-3-16(24)11-14-4-6-15(20)7-5-14/h4-7,13,16H,2-3,8-12H2,1H3/t16-/m0/s1. The minimum Gasteiger partial charge on any atom is -0.353 e. The molecule has 0 aliphatic carbocycles. The van der Waals surface area contributed by atoms with Crippen LogP contribution < -0.4 is 4.90 Å². The molecule has 0 amide bonds. The summed E-state index contributed by atoms with van der Waals surface area (Å²) in [6.45, 7) is 3.02. The van der Waals surface area contributed by atoms with Crippen molar-refractivity contribution in [3.05, 3.63) is 53.2 Å². The van der Waals surface area contributed by atoms with Crippen LogP contribution in [0.5, 0.6) is 0 Å². The molecule has 5 heteroatoms. The third kappa shape index (κ3) is 3.00. The van der Waals surface area contributed by atoms with E-state index in [0.717, 1.165) is 44.7 Å². The highest BCUT2D eigenvalue weighted by Crippen LogP contribution is 2.31. The molecule has 3 heterocycles. The summed E-state index contributed by atoms with van der Waals surface area (Å²) in [5.74, 6) is 0.936. The molecule has 1 aromatic carbocycles. The number of rotatable bonds is 3. The Morgan fingerprint density at radius 3 is 2.83 bits per heavy atom. The topological polar surface area (TPSA) is 32.3 Å². The number of nitrogens with zero attached hydrogens (tertiary/aromatic N) is 4. The van der Waals surface area contributed by atoms with Crippen LogP contribution in [-0.2, 0) is 19.4 Å². The minimum absolute atomic E-state index is 0.171. The number of likely N-dealkylation sites (N-methyl/N-ethyl adjacent to an activating group) is 1. The Labute approximate surface area is 142 Å².